The largest absolute Gasteiger partial charge is 0.481 e. The van der Waals surface area contributed by atoms with Gasteiger partial charge in [-0.2, -0.15) is 0 Å². The number of hydrogen-bond donors (Lipinski definition) is 1. The lowest BCUT2D eigenvalue weighted by Crippen LogP contribution is -2.21. The Labute approximate surface area is 112 Å². The molecule has 1 N–H and O–H groups in total. The second-order valence-corrected chi connectivity index (χ2v) is 6.80. The number of carboxylic acid groups (broad SMARTS) is 1. The molecule has 0 spiro atoms. The molecular weight excluding hydrogens is 268 g/mol. The highest BCUT2D eigenvalue weighted by Gasteiger charge is 2.30. The number of sulfone groups is 1. The van der Waals surface area contributed by atoms with E-state index in [0.29, 0.717) is 19.4 Å². The third kappa shape index (κ3) is 3.33. The fourth-order valence-corrected chi connectivity index (χ4v) is 3.63. The molecule has 0 aliphatic carbocycles. The van der Waals surface area contributed by atoms with E-state index in [1.165, 1.54) is 0 Å². The van der Waals surface area contributed by atoms with Crippen molar-refractivity contribution in [1.29, 1.82) is 0 Å². The first-order valence-electron chi connectivity index (χ1n) is 6.12. The predicted molar refractivity (Wildman–Crippen MR) is 68.8 cm³/mol. The van der Waals surface area contributed by atoms with Crippen molar-refractivity contribution in [2.45, 2.75) is 29.4 Å². The fourth-order valence-electron chi connectivity index (χ4n) is 2.05. The van der Waals surface area contributed by atoms with Gasteiger partial charge in [-0.1, -0.05) is 12.1 Å². The van der Waals surface area contributed by atoms with Gasteiger partial charge in [0.05, 0.1) is 16.8 Å². The van der Waals surface area contributed by atoms with Gasteiger partial charge in [0.1, 0.15) is 0 Å². The summed E-state index contributed by atoms with van der Waals surface area (Å²) in [6, 6.07) is 6.44. The van der Waals surface area contributed by atoms with Crippen LogP contribution in [0.15, 0.2) is 29.2 Å². The van der Waals surface area contributed by atoms with Crippen molar-refractivity contribution in [3.05, 3.63) is 29.8 Å². The van der Waals surface area contributed by atoms with Gasteiger partial charge in [0.15, 0.2) is 9.84 Å². The molecule has 0 bridgehead atoms. The van der Waals surface area contributed by atoms with Crippen LogP contribution >= 0.6 is 0 Å². The maximum atomic E-state index is 12.2. The van der Waals surface area contributed by atoms with Gasteiger partial charge >= 0.3 is 5.97 Å². The minimum atomic E-state index is -3.33. The van der Waals surface area contributed by atoms with E-state index in [1.54, 1.807) is 24.3 Å². The summed E-state index contributed by atoms with van der Waals surface area (Å²) in [5.74, 6) is -0.861. The van der Waals surface area contributed by atoms with E-state index in [4.69, 9.17) is 9.84 Å². The third-order valence-corrected chi connectivity index (χ3v) is 5.38. The molecule has 0 amide bonds. The SMILES string of the molecule is O=C(O)CCc1ccc(S(=O)(=O)C2CCOC2)cc1. The molecule has 104 valence electrons. The summed E-state index contributed by atoms with van der Waals surface area (Å²) in [5, 5.41) is 8.13. The summed E-state index contributed by atoms with van der Waals surface area (Å²) in [6.07, 6.45) is 0.980. The Morgan fingerprint density at radius 1 is 1.32 bits per heavy atom. The zero-order valence-electron chi connectivity index (χ0n) is 10.4. The number of aryl methyl sites for hydroxylation is 1. The second kappa shape index (κ2) is 5.71. The lowest BCUT2D eigenvalue weighted by Gasteiger charge is -2.10. The Bertz CT molecular complexity index is 541. The van der Waals surface area contributed by atoms with Crippen LogP contribution in [0.25, 0.3) is 0 Å². The fraction of sp³-hybridized carbons (Fsp3) is 0.462. The lowest BCUT2D eigenvalue weighted by molar-refractivity contribution is -0.136. The Morgan fingerprint density at radius 3 is 2.53 bits per heavy atom. The van der Waals surface area contributed by atoms with E-state index < -0.39 is 21.1 Å². The Balaban J connectivity index is 2.11. The molecule has 1 atom stereocenters. The zero-order chi connectivity index (χ0) is 13.9. The number of aliphatic carboxylic acids is 1. The first kappa shape index (κ1) is 14.0. The van der Waals surface area contributed by atoms with E-state index in [1.807, 2.05) is 0 Å². The van der Waals surface area contributed by atoms with Crippen molar-refractivity contribution in [2.75, 3.05) is 13.2 Å². The molecule has 0 aromatic heterocycles. The average molecular weight is 284 g/mol. The van der Waals surface area contributed by atoms with Gasteiger partial charge in [-0.25, -0.2) is 8.42 Å². The van der Waals surface area contributed by atoms with Gasteiger partial charge < -0.3 is 9.84 Å². The summed E-state index contributed by atoms with van der Waals surface area (Å²) in [5.41, 5.74) is 0.823. The molecule has 2 rings (SSSR count). The number of hydrogen-bond acceptors (Lipinski definition) is 4. The van der Waals surface area contributed by atoms with Crippen LogP contribution in [0.4, 0.5) is 0 Å². The number of benzene rings is 1. The topological polar surface area (TPSA) is 80.7 Å². The summed E-state index contributed by atoms with van der Waals surface area (Å²) in [6.45, 7) is 0.740. The molecule has 6 heteroatoms. The monoisotopic (exact) mass is 284 g/mol. The number of carbonyl (C=O) groups is 1. The highest BCUT2D eigenvalue weighted by Crippen LogP contribution is 2.22. The molecule has 1 aromatic carbocycles. The van der Waals surface area contributed by atoms with Crippen LogP contribution in [-0.4, -0.2) is 38.0 Å². The number of rotatable bonds is 5. The molecule has 0 saturated carbocycles. The molecule has 19 heavy (non-hydrogen) atoms. The standard InChI is InChI=1S/C13H16O5S/c14-13(15)6-3-10-1-4-11(5-2-10)19(16,17)12-7-8-18-9-12/h1-2,4-5,12H,3,6-9H2,(H,14,15). The number of carboxylic acids is 1. The first-order chi connectivity index (χ1) is 9.00. The van der Waals surface area contributed by atoms with Crippen LogP contribution in [0, 0.1) is 0 Å². The summed E-state index contributed by atoms with van der Waals surface area (Å²) >= 11 is 0. The first-order valence-corrected chi connectivity index (χ1v) is 7.67. The molecule has 0 radical (unpaired) electrons. The summed E-state index contributed by atoms with van der Waals surface area (Å²) < 4.78 is 29.6. The highest BCUT2D eigenvalue weighted by atomic mass is 32.2. The Kier molecular flexibility index (Phi) is 4.21. The van der Waals surface area contributed by atoms with E-state index in [0.717, 1.165) is 5.56 Å². The van der Waals surface area contributed by atoms with Crippen molar-refractivity contribution in [2.24, 2.45) is 0 Å². The van der Waals surface area contributed by atoms with E-state index in [2.05, 4.69) is 0 Å². The van der Waals surface area contributed by atoms with Gasteiger partial charge in [-0.3, -0.25) is 4.79 Å². The van der Waals surface area contributed by atoms with Gasteiger partial charge in [0, 0.05) is 13.0 Å². The van der Waals surface area contributed by atoms with Gasteiger partial charge in [0.25, 0.3) is 0 Å². The molecule has 1 aromatic rings. The van der Waals surface area contributed by atoms with Gasteiger partial charge in [-0.05, 0) is 30.5 Å². The van der Waals surface area contributed by atoms with Crippen LogP contribution in [0.2, 0.25) is 0 Å². The maximum Gasteiger partial charge on any atom is 0.303 e. The van der Waals surface area contributed by atoms with Crippen molar-refractivity contribution in [3.63, 3.8) is 0 Å². The summed E-state index contributed by atoms with van der Waals surface area (Å²) in [4.78, 5) is 10.7. The van der Waals surface area contributed by atoms with Crippen LogP contribution in [0.1, 0.15) is 18.4 Å². The van der Waals surface area contributed by atoms with Crippen molar-refractivity contribution in [1.82, 2.24) is 0 Å². The second-order valence-electron chi connectivity index (χ2n) is 4.57. The predicted octanol–water partition coefficient (Wildman–Crippen LogP) is 1.27. The summed E-state index contributed by atoms with van der Waals surface area (Å²) in [7, 11) is -3.33. The van der Waals surface area contributed by atoms with E-state index in [9.17, 15) is 13.2 Å². The van der Waals surface area contributed by atoms with Gasteiger partial charge in [0.2, 0.25) is 0 Å². The van der Waals surface area contributed by atoms with Crippen LogP contribution in [0.3, 0.4) is 0 Å². The van der Waals surface area contributed by atoms with Crippen LogP contribution < -0.4 is 0 Å². The molecule has 1 aliphatic rings. The van der Waals surface area contributed by atoms with Crippen LogP contribution in [0.5, 0.6) is 0 Å². The lowest BCUT2D eigenvalue weighted by atomic mass is 10.1. The third-order valence-electron chi connectivity index (χ3n) is 3.21. The zero-order valence-corrected chi connectivity index (χ0v) is 11.2. The normalized spacial score (nSPS) is 19.5. The van der Waals surface area contributed by atoms with Gasteiger partial charge in [-0.15, -0.1) is 0 Å². The van der Waals surface area contributed by atoms with E-state index >= 15 is 0 Å². The quantitative estimate of drug-likeness (QED) is 0.880. The Hall–Kier alpha value is -1.40. The maximum absolute atomic E-state index is 12.2. The molecule has 1 saturated heterocycles. The molecule has 5 nitrogen and oxygen atoms in total. The van der Waals surface area contributed by atoms with E-state index in [-0.39, 0.29) is 17.9 Å². The number of ether oxygens (including phenoxy) is 1. The minimum absolute atomic E-state index is 0.0442. The molecule has 1 fully saturated rings. The van der Waals surface area contributed by atoms with Crippen molar-refractivity contribution < 1.29 is 23.1 Å². The minimum Gasteiger partial charge on any atom is -0.481 e. The average Bonchev–Trinajstić information content (AvgIpc) is 2.91. The Morgan fingerprint density at radius 2 is 2.00 bits per heavy atom. The molecule has 1 aliphatic heterocycles. The molecule has 1 heterocycles. The smallest absolute Gasteiger partial charge is 0.303 e. The van der Waals surface area contributed by atoms with Crippen molar-refractivity contribution in [3.8, 4) is 0 Å². The van der Waals surface area contributed by atoms with Crippen LogP contribution in [-0.2, 0) is 25.8 Å². The van der Waals surface area contributed by atoms with Crippen molar-refractivity contribution >= 4 is 15.8 Å². The molecular formula is C13H16O5S. The molecule has 1 unspecified atom stereocenters. The highest BCUT2D eigenvalue weighted by molar-refractivity contribution is 7.92.